The smallest absolute Gasteiger partial charge is 0.243 e. The van der Waals surface area contributed by atoms with Gasteiger partial charge in [-0.15, -0.1) is 11.8 Å². The van der Waals surface area contributed by atoms with Gasteiger partial charge in [0.05, 0.1) is 11.1 Å². The van der Waals surface area contributed by atoms with Crippen LogP contribution in [0.25, 0.3) is 0 Å². The van der Waals surface area contributed by atoms with Gasteiger partial charge in [0, 0.05) is 36.2 Å². The zero-order chi connectivity index (χ0) is 17.5. The van der Waals surface area contributed by atoms with E-state index < -0.39 is 10.0 Å². The number of thioether (sulfide) groups is 1. The van der Waals surface area contributed by atoms with Gasteiger partial charge in [0.1, 0.15) is 11.9 Å². The molecule has 1 aromatic carbocycles. The Kier molecular flexibility index (Phi) is 4.25. The summed E-state index contributed by atoms with van der Waals surface area (Å²) in [5.41, 5.74) is 1.06. The van der Waals surface area contributed by atoms with Gasteiger partial charge < -0.3 is 4.74 Å². The fourth-order valence-electron chi connectivity index (χ4n) is 3.33. The lowest BCUT2D eigenvalue weighted by atomic mass is 9.95. The van der Waals surface area contributed by atoms with E-state index in [0.29, 0.717) is 18.0 Å². The van der Waals surface area contributed by atoms with Crippen LogP contribution in [0.5, 0.6) is 5.75 Å². The fourth-order valence-corrected chi connectivity index (χ4v) is 6.63. The highest BCUT2D eigenvalue weighted by Crippen LogP contribution is 2.47. The topological polar surface area (TPSA) is 59.5 Å². The number of ether oxygens (including phenoxy) is 1. The maximum absolute atomic E-state index is 12.7. The lowest BCUT2D eigenvalue weighted by Gasteiger charge is -2.46. The number of aromatic nitrogens is 1. The summed E-state index contributed by atoms with van der Waals surface area (Å²) < 4.78 is 33.0. The maximum atomic E-state index is 12.7. The van der Waals surface area contributed by atoms with Gasteiger partial charge in [0.25, 0.3) is 0 Å². The normalized spacial score (nSPS) is 22.7. The molecular formula is C18H20N2O3S2. The molecule has 0 saturated carbocycles. The molecule has 132 valence electrons. The summed E-state index contributed by atoms with van der Waals surface area (Å²) in [6, 6.07) is 10.8. The predicted molar refractivity (Wildman–Crippen MR) is 98.4 cm³/mol. The monoisotopic (exact) mass is 376 g/mol. The molecule has 0 unspecified atom stereocenters. The van der Waals surface area contributed by atoms with Gasteiger partial charge in [0.2, 0.25) is 10.0 Å². The second-order valence-electron chi connectivity index (χ2n) is 6.71. The van der Waals surface area contributed by atoms with E-state index in [1.807, 2.05) is 43.0 Å². The van der Waals surface area contributed by atoms with Crippen molar-refractivity contribution in [3.63, 3.8) is 0 Å². The summed E-state index contributed by atoms with van der Waals surface area (Å²) in [5, 5.41) is 0. The third kappa shape index (κ3) is 3.28. The van der Waals surface area contributed by atoms with Crippen LogP contribution in [0.15, 0.2) is 53.7 Å². The van der Waals surface area contributed by atoms with Crippen LogP contribution in [0.2, 0.25) is 0 Å². The summed E-state index contributed by atoms with van der Waals surface area (Å²) in [6.07, 6.45) is 4.41. The lowest BCUT2D eigenvalue weighted by Crippen LogP contribution is -2.60. The minimum Gasteiger partial charge on any atom is -0.488 e. The largest absolute Gasteiger partial charge is 0.488 e. The molecule has 7 heteroatoms. The van der Waals surface area contributed by atoms with E-state index in [4.69, 9.17) is 4.74 Å². The predicted octanol–water partition coefficient (Wildman–Crippen LogP) is 2.72. The molecule has 2 aromatic rings. The molecule has 2 aliphatic heterocycles. The molecule has 2 aliphatic rings. The number of nitrogens with zero attached hydrogens (tertiary/aromatic N) is 2. The molecule has 2 fully saturated rings. The van der Waals surface area contributed by atoms with Gasteiger partial charge in [-0.2, -0.15) is 4.31 Å². The van der Waals surface area contributed by atoms with E-state index in [0.717, 1.165) is 23.5 Å². The van der Waals surface area contributed by atoms with Crippen molar-refractivity contribution in [2.45, 2.75) is 29.1 Å². The second-order valence-corrected chi connectivity index (χ2v) is 10.1. The van der Waals surface area contributed by atoms with E-state index >= 15 is 0 Å². The van der Waals surface area contributed by atoms with E-state index in [1.165, 1.54) is 0 Å². The molecule has 0 N–H and O–H groups in total. The molecule has 5 nitrogen and oxygen atoms in total. The van der Waals surface area contributed by atoms with Gasteiger partial charge in [0.15, 0.2) is 0 Å². The summed E-state index contributed by atoms with van der Waals surface area (Å²) in [6.45, 7) is 3.06. The number of sulfonamides is 1. The Labute approximate surface area is 152 Å². The first-order valence-electron chi connectivity index (χ1n) is 8.24. The van der Waals surface area contributed by atoms with E-state index in [9.17, 15) is 8.42 Å². The molecule has 3 heterocycles. The first kappa shape index (κ1) is 16.9. The Hall–Kier alpha value is -1.57. The molecule has 0 aliphatic carbocycles. The molecule has 4 rings (SSSR count). The number of rotatable bonds is 4. The Morgan fingerprint density at radius 2 is 2.00 bits per heavy atom. The quantitative estimate of drug-likeness (QED) is 0.821. The molecule has 25 heavy (non-hydrogen) atoms. The van der Waals surface area contributed by atoms with Crippen LogP contribution in [0.4, 0.5) is 0 Å². The third-order valence-corrected chi connectivity index (χ3v) is 8.08. The standard InChI is InChI=1S/C18H20N2O3S2/c1-14-4-6-17(7-5-14)25(21,22)20-12-18(13-20)9-16(11-24-18)23-15-3-2-8-19-10-15/h2-8,10,16H,9,11-13H2,1H3/t16-/m1/s1. The molecule has 2 saturated heterocycles. The molecule has 0 amide bonds. The van der Waals surface area contributed by atoms with Gasteiger partial charge in [-0.05, 0) is 31.2 Å². The summed E-state index contributed by atoms with van der Waals surface area (Å²) in [5.74, 6) is 1.65. The van der Waals surface area contributed by atoms with E-state index in [1.54, 1.807) is 28.8 Å². The highest BCUT2D eigenvalue weighted by Gasteiger charge is 2.53. The van der Waals surface area contributed by atoms with E-state index in [-0.39, 0.29) is 10.9 Å². The highest BCUT2D eigenvalue weighted by molar-refractivity contribution is 8.01. The van der Waals surface area contributed by atoms with Crippen LogP contribution in [0, 0.1) is 6.92 Å². The first-order chi connectivity index (χ1) is 12.0. The minimum atomic E-state index is -3.39. The molecule has 1 aromatic heterocycles. The first-order valence-corrected chi connectivity index (χ1v) is 10.7. The van der Waals surface area contributed by atoms with Crippen LogP contribution >= 0.6 is 11.8 Å². The summed E-state index contributed by atoms with van der Waals surface area (Å²) in [7, 11) is -3.39. The van der Waals surface area contributed by atoms with Crippen LogP contribution < -0.4 is 4.74 Å². The lowest BCUT2D eigenvalue weighted by molar-refractivity contribution is 0.159. The maximum Gasteiger partial charge on any atom is 0.243 e. The van der Waals surface area contributed by atoms with Crippen LogP contribution in [0.1, 0.15) is 12.0 Å². The van der Waals surface area contributed by atoms with Gasteiger partial charge in [-0.3, -0.25) is 4.98 Å². The van der Waals surface area contributed by atoms with Crippen molar-refractivity contribution in [3.8, 4) is 5.75 Å². The average Bonchev–Trinajstić information content (AvgIpc) is 2.99. The fraction of sp³-hybridized carbons (Fsp3) is 0.389. The van der Waals surface area contributed by atoms with Crippen molar-refractivity contribution >= 4 is 21.8 Å². The molecular weight excluding hydrogens is 356 g/mol. The molecule has 0 radical (unpaired) electrons. The number of aryl methyl sites for hydroxylation is 1. The highest BCUT2D eigenvalue weighted by atomic mass is 32.2. The van der Waals surface area contributed by atoms with Crippen LogP contribution in [0.3, 0.4) is 0 Å². The second kappa shape index (κ2) is 6.30. The van der Waals surface area contributed by atoms with Crippen LogP contribution in [-0.2, 0) is 10.0 Å². The molecule has 0 bridgehead atoms. The average molecular weight is 377 g/mol. The summed E-state index contributed by atoms with van der Waals surface area (Å²) in [4.78, 5) is 4.44. The zero-order valence-electron chi connectivity index (χ0n) is 14.0. The Balaban J connectivity index is 1.39. The SMILES string of the molecule is Cc1ccc(S(=O)(=O)N2CC3(C[C@@H](Oc4cccnc4)CS3)C2)cc1. The zero-order valence-corrected chi connectivity index (χ0v) is 15.6. The van der Waals surface area contributed by atoms with Crippen molar-refractivity contribution in [2.75, 3.05) is 18.8 Å². The van der Waals surface area contributed by atoms with Crippen molar-refractivity contribution in [3.05, 3.63) is 54.4 Å². The van der Waals surface area contributed by atoms with E-state index in [2.05, 4.69) is 4.98 Å². The number of hydrogen-bond acceptors (Lipinski definition) is 5. The summed E-state index contributed by atoms with van der Waals surface area (Å²) >= 11 is 1.82. The van der Waals surface area contributed by atoms with Crippen molar-refractivity contribution in [2.24, 2.45) is 0 Å². The molecule has 1 spiro atoms. The van der Waals surface area contributed by atoms with Gasteiger partial charge >= 0.3 is 0 Å². The third-order valence-electron chi connectivity index (χ3n) is 4.70. The number of pyridine rings is 1. The van der Waals surface area contributed by atoms with Crippen molar-refractivity contribution < 1.29 is 13.2 Å². The van der Waals surface area contributed by atoms with Crippen molar-refractivity contribution in [1.29, 1.82) is 0 Å². The Morgan fingerprint density at radius 3 is 2.68 bits per heavy atom. The van der Waals surface area contributed by atoms with Crippen molar-refractivity contribution in [1.82, 2.24) is 9.29 Å². The van der Waals surface area contributed by atoms with Gasteiger partial charge in [-0.1, -0.05) is 17.7 Å². The Morgan fingerprint density at radius 1 is 1.24 bits per heavy atom. The molecule has 1 atom stereocenters. The number of hydrogen-bond donors (Lipinski definition) is 0. The van der Waals surface area contributed by atoms with Crippen LogP contribution in [-0.4, -0.2) is 47.4 Å². The van der Waals surface area contributed by atoms with Gasteiger partial charge in [-0.25, -0.2) is 8.42 Å². The minimum absolute atomic E-state index is 0.00928. The Bertz CT molecular complexity index is 848. The number of benzene rings is 1.